The molecule has 0 fully saturated rings. The van der Waals surface area contributed by atoms with Gasteiger partial charge in [-0.05, 0) is 36.4 Å². The molecule has 1 aromatic heterocycles. The Labute approximate surface area is 121 Å². The number of nitrogens with two attached hydrogens (primary N) is 1. The van der Waals surface area contributed by atoms with E-state index in [1.165, 1.54) is 0 Å². The van der Waals surface area contributed by atoms with E-state index in [1.54, 1.807) is 30.3 Å². The minimum absolute atomic E-state index is 0.167. The molecule has 3 rings (SSSR count). The van der Waals surface area contributed by atoms with Crippen LogP contribution in [-0.4, -0.2) is 10.8 Å². The normalized spacial score (nSPS) is 10.7. The van der Waals surface area contributed by atoms with E-state index in [1.807, 2.05) is 24.3 Å². The van der Waals surface area contributed by atoms with Gasteiger partial charge >= 0.3 is 0 Å². The Morgan fingerprint density at radius 2 is 1.75 bits per heavy atom. The Kier molecular flexibility index (Phi) is 3.12. The second-order valence-corrected chi connectivity index (χ2v) is 4.89. The van der Waals surface area contributed by atoms with Gasteiger partial charge in [-0.2, -0.15) is 0 Å². The Morgan fingerprint density at radius 3 is 2.50 bits per heavy atom. The lowest BCUT2D eigenvalue weighted by atomic mass is 10.1. The molecule has 4 heteroatoms. The second kappa shape index (κ2) is 4.94. The number of pyridine rings is 1. The maximum absolute atomic E-state index is 12.4. The minimum atomic E-state index is -0.167. The number of rotatable bonds is 2. The van der Waals surface area contributed by atoms with Gasteiger partial charge in [-0.1, -0.05) is 29.8 Å². The molecule has 3 nitrogen and oxygen atoms in total. The summed E-state index contributed by atoms with van der Waals surface area (Å²) in [5.41, 5.74) is 8.12. The first-order chi connectivity index (χ1) is 9.65. The van der Waals surface area contributed by atoms with Gasteiger partial charge in [0.25, 0.3) is 0 Å². The van der Waals surface area contributed by atoms with Crippen molar-refractivity contribution in [1.29, 1.82) is 0 Å². The van der Waals surface area contributed by atoms with Crippen molar-refractivity contribution in [1.82, 2.24) is 4.98 Å². The topological polar surface area (TPSA) is 56.0 Å². The van der Waals surface area contributed by atoms with E-state index in [2.05, 4.69) is 4.98 Å². The molecule has 0 aliphatic rings. The summed E-state index contributed by atoms with van der Waals surface area (Å²) in [5.74, 6) is -0.167. The SMILES string of the molecule is Nc1cc(C(=O)c2ccc(Cl)cc2)nc2ccccc12. The Bertz CT molecular complexity index is 797. The number of nitrogen functional groups attached to an aromatic ring is 1. The van der Waals surface area contributed by atoms with Crippen LogP contribution in [0, 0.1) is 0 Å². The molecule has 20 heavy (non-hydrogen) atoms. The fraction of sp³-hybridized carbons (Fsp3) is 0. The van der Waals surface area contributed by atoms with Crippen molar-refractivity contribution in [2.75, 3.05) is 5.73 Å². The molecule has 0 aliphatic carbocycles. The van der Waals surface area contributed by atoms with Gasteiger partial charge in [-0.3, -0.25) is 4.79 Å². The van der Waals surface area contributed by atoms with Crippen molar-refractivity contribution in [3.05, 3.63) is 70.9 Å². The van der Waals surface area contributed by atoms with E-state index < -0.39 is 0 Å². The molecule has 2 N–H and O–H groups in total. The van der Waals surface area contributed by atoms with Gasteiger partial charge < -0.3 is 5.73 Å². The molecule has 1 heterocycles. The van der Waals surface area contributed by atoms with Gasteiger partial charge in [0, 0.05) is 21.7 Å². The average Bonchev–Trinajstić information content (AvgIpc) is 2.47. The van der Waals surface area contributed by atoms with Crippen LogP contribution >= 0.6 is 11.6 Å². The largest absolute Gasteiger partial charge is 0.398 e. The van der Waals surface area contributed by atoms with Crippen molar-refractivity contribution in [2.45, 2.75) is 0 Å². The molecule has 0 amide bonds. The van der Waals surface area contributed by atoms with Gasteiger partial charge in [0.05, 0.1) is 5.52 Å². The van der Waals surface area contributed by atoms with E-state index in [4.69, 9.17) is 17.3 Å². The number of carbonyl (C=O) groups excluding carboxylic acids is 1. The summed E-state index contributed by atoms with van der Waals surface area (Å²) in [7, 11) is 0. The number of fused-ring (bicyclic) bond motifs is 1. The third kappa shape index (κ3) is 2.24. The van der Waals surface area contributed by atoms with E-state index in [0.29, 0.717) is 27.5 Å². The average molecular weight is 283 g/mol. The molecule has 2 aromatic carbocycles. The van der Waals surface area contributed by atoms with Gasteiger partial charge in [0.1, 0.15) is 5.69 Å². The fourth-order valence-corrected chi connectivity index (χ4v) is 2.19. The number of aromatic nitrogens is 1. The lowest BCUT2D eigenvalue weighted by Gasteiger charge is -2.06. The minimum Gasteiger partial charge on any atom is -0.398 e. The molecule has 0 saturated carbocycles. The van der Waals surface area contributed by atoms with E-state index >= 15 is 0 Å². The third-order valence-corrected chi connectivity index (χ3v) is 3.34. The first kappa shape index (κ1) is 12.6. The van der Waals surface area contributed by atoms with Crippen molar-refractivity contribution >= 4 is 34.0 Å². The molecule has 0 bridgehead atoms. The van der Waals surface area contributed by atoms with E-state index in [0.717, 1.165) is 5.39 Å². The first-order valence-corrected chi connectivity index (χ1v) is 6.48. The van der Waals surface area contributed by atoms with Gasteiger partial charge in [-0.15, -0.1) is 0 Å². The molecule has 0 unspecified atom stereocenters. The van der Waals surface area contributed by atoms with Crippen LogP contribution in [0.3, 0.4) is 0 Å². The number of carbonyl (C=O) groups is 1. The summed E-state index contributed by atoms with van der Waals surface area (Å²) in [6.45, 7) is 0. The van der Waals surface area contributed by atoms with Crippen LogP contribution < -0.4 is 5.73 Å². The number of para-hydroxylation sites is 1. The molecule has 0 spiro atoms. The van der Waals surface area contributed by atoms with Gasteiger partial charge in [0.15, 0.2) is 0 Å². The summed E-state index contributed by atoms with van der Waals surface area (Å²) in [5, 5.41) is 1.44. The Morgan fingerprint density at radius 1 is 1.05 bits per heavy atom. The molecular formula is C16H11ClN2O. The van der Waals surface area contributed by atoms with E-state index in [9.17, 15) is 4.79 Å². The molecular weight excluding hydrogens is 272 g/mol. The summed E-state index contributed by atoms with van der Waals surface area (Å²) in [4.78, 5) is 16.8. The van der Waals surface area contributed by atoms with Crippen molar-refractivity contribution in [3.8, 4) is 0 Å². The predicted molar refractivity (Wildman–Crippen MR) is 81.0 cm³/mol. The van der Waals surface area contributed by atoms with Gasteiger partial charge in [-0.25, -0.2) is 4.98 Å². The number of benzene rings is 2. The monoisotopic (exact) mass is 282 g/mol. The first-order valence-electron chi connectivity index (χ1n) is 6.11. The lowest BCUT2D eigenvalue weighted by Crippen LogP contribution is -2.05. The third-order valence-electron chi connectivity index (χ3n) is 3.09. The smallest absolute Gasteiger partial charge is 0.211 e. The van der Waals surface area contributed by atoms with E-state index in [-0.39, 0.29) is 5.78 Å². The maximum atomic E-state index is 12.4. The van der Waals surface area contributed by atoms with Crippen LogP contribution in [0.4, 0.5) is 5.69 Å². The highest BCUT2D eigenvalue weighted by Crippen LogP contribution is 2.22. The number of hydrogen-bond acceptors (Lipinski definition) is 3. The molecule has 0 atom stereocenters. The summed E-state index contributed by atoms with van der Waals surface area (Å²) < 4.78 is 0. The highest BCUT2D eigenvalue weighted by molar-refractivity contribution is 6.30. The van der Waals surface area contributed by atoms with Crippen LogP contribution in [0.1, 0.15) is 16.1 Å². The number of halogens is 1. The summed E-state index contributed by atoms with van der Waals surface area (Å²) in [6.07, 6.45) is 0. The molecule has 98 valence electrons. The van der Waals surface area contributed by atoms with Gasteiger partial charge in [0.2, 0.25) is 5.78 Å². The number of hydrogen-bond donors (Lipinski definition) is 1. The molecule has 0 aliphatic heterocycles. The van der Waals surface area contributed by atoms with Crippen LogP contribution in [-0.2, 0) is 0 Å². The van der Waals surface area contributed by atoms with Crippen molar-refractivity contribution < 1.29 is 4.79 Å². The Balaban J connectivity index is 2.10. The summed E-state index contributed by atoms with van der Waals surface area (Å²) >= 11 is 5.82. The molecule has 0 saturated heterocycles. The van der Waals surface area contributed by atoms with Crippen LogP contribution in [0.15, 0.2) is 54.6 Å². The highest BCUT2D eigenvalue weighted by atomic mass is 35.5. The number of anilines is 1. The standard InChI is InChI=1S/C16H11ClN2O/c17-11-7-5-10(6-8-11)16(20)15-9-13(18)12-3-1-2-4-14(12)19-15/h1-9H,(H2,18,19). The van der Waals surface area contributed by atoms with Crippen LogP contribution in [0.2, 0.25) is 5.02 Å². The van der Waals surface area contributed by atoms with Crippen LogP contribution in [0.5, 0.6) is 0 Å². The van der Waals surface area contributed by atoms with Crippen molar-refractivity contribution in [3.63, 3.8) is 0 Å². The molecule has 0 radical (unpaired) electrons. The zero-order valence-corrected chi connectivity index (χ0v) is 11.3. The maximum Gasteiger partial charge on any atom is 0.211 e. The van der Waals surface area contributed by atoms with Crippen LogP contribution in [0.25, 0.3) is 10.9 Å². The molecule has 3 aromatic rings. The lowest BCUT2D eigenvalue weighted by molar-refractivity contribution is 0.103. The zero-order valence-electron chi connectivity index (χ0n) is 10.5. The number of ketones is 1. The number of nitrogens with zero attached hydrogens (tertiary/aromatic N) is 1. The zero-order chi connectivity index (χ0) is 14.1. The summed E-state index contributed by atoms with van der Waals surface area (Å²) in [6, 6.07) is 15.8. The predicted octanol–water partition coefficient (Wildman–Crippen LogP) is 3.70. The Hall–Kier alpha value is -2.39. The van der Waals surface area contributed by atoms with Crippen molar-refractivity contribution in [2.24, 2.45) is 0 Å². The highest BCUT2D eigenvalue weighted by Gasteiger charge is 2.12. The fourth-order valence-electron chi connectivity index (χ4n) is 2.07. The quantitative estimate of drug-likeness (QED) is 0.729. The second-order valence-electron chi connectivity index (χ2n) is 4.45.